The Bertz CT molecular complexity index is 176. The molecule has 0 bridgehead atoms. The van der Waals surface area contributed by atoms with E-state index in [2.05, 4.69) is 17.2 Å². The Hall–Kier alpha value is -0.280. The first-order chi connectivity index (χ1) is 4.84. The van der Waals surface area contributed by atoms with E-state index in [0.29, 0.717) is 0 Å². The molecule has 3 nitrogen and oxygen atoms in total. The van der Waals surface area contributed by atoms with Crippen molar-refractivity contribution < 1.29 is 0 Å². The van der Waals surface area contributed by atoms with Crippen LogP contribution in [0.2, 0.25) is 0 Å². The van der Waals surface area contributed by atoms with Crippen molar-refractivity contribution in [3.63, 3.8) is 0 Å². The standard InChI is InChI=1S/C6H10ClN3.ClH/c1-2-3-6(7)10-5-4-8-9-10;/h4-6H,2-3H2,1H3;1H. The molecule has 1 aromatic rings. The first-order valence-electron chi connectivity index (χ1n) is 3.34. The van der Waals surface area contributed by atoms with Crippen LogP contribution in [0.3, 0.4) is 0 Å². The van der Waals surface area contributed by atoms with Gasteiger partial charge >= 0.3 is 0 Å². The molecule has 0 N–H and O–H groups in total. The minimum Gasteiger partial charge on any atom is -0.235 e. The summed E-state index contributed by atoms with van der Waals surface area (Å²) in [6.07, 6.45) is 5.40. The number of aromatic nitrogens is 3. The van der Waals surface area contributed by atoms with Crippen molar-refractivity contribution in [2.24, 2.45) is 0 Å². The lowest BCUT2D eigenvalue weighted by Crippen LogP contribution is -2.02. The van der Waals surface area contributed by atoms with Gasteiger partial charge in [-0.25, -0.2) is 4.68 Å². The van der Waals surface area contributed by atoms with E-state index in [4.69, 9.17) is 11.6 Å². The number of nitrogens with zero attached hydrogens (tertiary/aromatic N) is 3. The Labute approximate surface area is 77.1 Å². The van der Waals surface area contributed by atoms with Crippen LogP contribution in [-0.2, 0) is 0 Å². The number of hydrogen-bond donors (Lipinski definition) is 0. The fraction of sp³-hybridized carbons (Fsp3) is 0.667. The van der Waals surface area contributed by atoms with Gasteiger partial charge in [0, 0.05) is 6.20 Å². The van der Waals surface area contributed by atoms with Gasteiger partial charge in [0.25, 0.3) is 0 Å². The summed E-state index contributed by atoms with van der Waals surface area (Å²) in [5, 5.41) is 7.42. The molecule has 0 spiro atoms. The molecule has 1 heterocycles. The predicted molar refractivity (Wildman–Crippen MR) is 47.1 cm³/mol. The molecule has 1 aromatic heterocycles. The van der Waals surface area contributed by atoms with Gasteiger partial charge in [0.1, 0.15) is 5.50 Å². The van der Waals surface area contributed by atoms with E-state index in [1.54, 1.807) is 17.1 Å². The zero-order valence-electron chi connectivity index (χ0n) is 6.27. The van der Waals surface area contributed by atoms with Gasteiger partial charge in [-0.2, -0.15) is 0 Å². The molecule has 1 atom stereocenters. The lowest BCUT2D eigenvalue weighted by Gasteiger charge is -2.05. The van der Waals surface area contributed by atoms with Gasteiger partial charge < -0.3 is 0 Å². The Morgan fingerprint density at radius 2 is 2.36 bits per heavy atom. The predicted octanol–water partition coefficient (Wildman–Crippen LogP) is 2.24. The van der Waals surface area contributed by atoms with Gasteiger partial charge in [-0.05, 0) is 6.42 Å². The van der Waals surface area contributed by atoms with Gasteiger partial charge in [-0.3, -0.25) is 0 Å². The fourth-order valence-electron chi connectivity index (χ4n) is 0.737. The smallest absolute Gasteiger partial charge is 0.127 e. The van der Waals surface area contributed by atoms with E-state index in [-0.39, 0.29) is 17.9 Å². The third-order valence-corrected chi connectivity index (χ3v) is 1.67. The van der Waals surface area contributed by atoms with Crippen LogP contribution in [-0.4, -0.2) is 15.0 Å². The molecule has 64 valence electrons. The Balaban J connectivity index is 0.000001000. The first-order valence-corrected chi connectivity index (χ1v) is 3.78. The fourth-order valence-corrected chi connectivity index (χ4v) is 1.06. The maximum atomic E-state index is 5.91. The molecular formula is C6H11Cl2N3. The van der Waals surface area contributed by atoms with Gasteiger partial charge in [0.15, 0.2) is 0 Å². The molecular weight excluding hydrogens is 185 g/mol. The molecule has 0 aliphatic carbocycles. The molecule has 5 heteroatoms. The van der Waals surface area contributed by atoms with E-state index < -0.39 is 0 Å². The third kappa shape index (κ3) is 3.08. The maximum absolute atomic E-state index is 5.91. The summed E-state index contributed by atoms with van der Waals surface area (Å²) in [5.41, 5.74) is -0.0347. The van der Waals surface area contributed by atoms with Crippen LogP contribution >= 0.6 is 24.0 Å². The molecule has 1 rings (SSSR count). The van der Waals surface area contributed by atoms with E-state index in [1.165, 1.54) is 0 Å². The van der Waals surface area contributed by atoms with E-state index >= 15 is 0 Å². The molecule has 0 fully saturated rings. The van der Waals surface area contributed by atoms with E-state index in [1.807, 2.05) is 0 Å². The van der Waals surface area contributed by atoms with Gasteiger partial charge in [-0.15, -0.1) is 17.5 Å². The highest BCUT2D eigenvalue weighted by molar-refractivity contribution is 6.18. The van der Waals surface area contributed by atoms with Crippen molar-refractivity contribution in [2.45, 2.75) is 25.3 Å². The summed E-state index contributed by atoms with van der Waals surface area (Å²) in [6.45, 7) is 2.09. The van der Waals surface area contributed by atoms with E-state index in [9.17, 15) is 0 Å². The van der Waals surface area contributed by atoms with Crippen LogP contribution < -0.4 is 0 Å². The normalized spacial score (nSPS) is 12.2. The second-order valence-electron chi connectivity index (χ2n) is 2.11. The molecule has 0 radical (unpaired) electrons. The highest BCUT2D eigenvalue weighted by Gasteiger charge is 2.03. The van der Waals surface area contributed by atoms with Crippen LogP contribution in [0.4, 0.5) is 0 Å². The quantitative estimate of drug-likeness (QED) is 0.694. The number of hydrogen-bond acceptors (Lipinski definition) is 2. The van der Waals surface area contributed by atoms with Crippen molar-refractivity contribution in [3.05, 3.63) is 12.4 Å². The summed E-state index contributed by atoms with van der Waals surface area (Å²) in [5.74, 6) is 0. The van der Waals surface area contributed by atoms with Crippen molar-refractivity contribution in [1.82, 2.24) is 15.0 Å². The molecule has 0 aromatic carbocycles. The number of alkyl halides is 1. The topological polar surface area (TPSA) is 30.7 Å². The second-order valence-corrected chi connectivity index (χ2v) is 2.61. The lowest BCUT2D eigenvalue weighted by atomic mass is 10.3. The van der Waals surface area contributed by atoms with Crippen LogP contribution in [0.25, 0.3) is 0 Å². The largest absolute Gasteiger partial charge is 0.235 e. The SMILES string of the molecule is CCCC(Cl)n1ccnn1.Cl. The first kappa shape index (κ1) is 10.7. The van der Waals surface area contributed by atoms with Crippen LogP contribution in [0.15, 0.2) is 12.4 Å². The number of rotatable bonds is 3. The summed E-state index contributed by atoms with van der Waals surface area (Å²) in [4.78, 5) is 0. The van der Waals surface area contributed by atoms with Crippen LogP contribution in [0, 0.1) is 0 Å². The van der Waals surface area contributed by atoms with Crippen molar-refractivity contribution in [1.29, 1.82) is 0 Å². The van der Waals surface area contributed by atoms with E-state index in [0.717, 1.165) is 12.8 Å². The van der Waals surface area contributed by atoms with Crippen molar-refractivity contribution in [2.75, 3.05) is 0 Å². The summed E-state index contributed by atoms with van der Waals surface area (Å²) < 4.78 is 1.66. The Morgan fingerprint density at radius 3 is 2.82 bits per heavy atom. The zero-order valence-corrected chi connectivity index (χ0v) is 7.85. The minimum absolute atomic E-state index is 0. The lowest BCUT2D eigenvalue weighted by molar-refractivity contribution is 0.529. The van der Waals surface area contributed by atoms with Gasteiger partial charge in [-0.1, -0.05) is 30.2 Å². The molecule has 0 aliphatic heterocycles. The number of halogens is 2. The average Bonchev–Trinajstić information content (AvgIpc) is 2.38. The van der Waals surface area contributed by atoms with Gasteiger partial charge in [0.05, 0.1) is 6.20 Å². The van der Waals surface area contributed by atoms with Crippen molar-refractivity contribution >= 4 is 24.0 Å². The van der Waals surface area contributed by atoms with Crippen LogP contribution in [0.1, 0.15) is 25.3 Å². The minimum atomic E-state index is -0.0347. The molecule has 0 saturated heterocycles. The summed E-state index contributed by atoms with van der Waals surface area (Å²) in [7, 11) is 0. The Morgan fingerprint density at radius 1 is 1.64 bits per heavy atom. The summed E-state index contributed by atoms with van der Waals surface area (Å²) in [6, 6.07) is 0. The second kappa shape index (κ2) is 5.38. The maximum Gasteiger partial charge on any atom is 0.127 e. The molecule has 0 amide bonds. The molecule has 1 unspecified atom stereocenters. The zero-order chi connectivity index (χ0) is 7.40. The molecule has 11 heavy (non-hydrogen) atoms. The van der Waals surface area contributed by atoms with Gasteiger partial charge in [0.2, 0.25) is 0 Å². The highest BCUT2D eigenvalue weighted by atomic mass is 35.5. The van der Waals surface area contributed by atoms with Crippen LogP contribution in [0.5, 0.6) is 0 Å². The average molecular weight is 196 g/mol. The monoisotopic (exact) mass is 195 g/mol. The van der Waals surface area contributed by atoms with Crippen molar-refractivity contribution in [3.8, 4) is 0 Å². The highest BCUT2D eigenvalue weighted by Crippen LogP contribution is 2.15. The summed E-state index contributed by atoms with van der Waals surface area (Å²) >= 11 is 5.91. The molecule has 0 aliphatic rings. The third-order valence-electron chi connectivity index (χ3n) is 1.25. The Kier molecular flexibility index (Phi) is 5.24. The molecule has 0 saturated carbocycles.